The first-order valence-corrected chi connectivity index (χ1v) is 6.94. The van der Waals surface area contributed by atoms with E-state index in [9.17, 15) is 4.79 Å². The summed E-state index contributed by atoms with van der Waals surface area (Å²) < 4.78 is 7.03. The standard InChI is InChI=1S/C16H21N3O2/c1-16(2,3)21-15(20)17-9-14-10-18-19(12-14)11-13-7-5-4-6-8-13/h4-8,10,12H,9,11H2,1-3H3,(H,17,20). The third kappa shape index (κ3) is 5.30. The monoisotopic (exact) mass is 287 g/mol. The highest BCUT2D eigenvalue weighted by atomic mass is 16.6. The molecule has 1 amide bonds. The Morgan fingerprint density at radius 1 is 1.24 bits per heavy atom. The summed E-state index contributed by atoms with van der Waals surface area (Å²) in [6.45, 7) is 6.64. The van der Waals surface area contributed by atoms with Gasteiger partial charge in [-0.25, -0.2) is 4.79 Å². The summed E-state index contributed by atoms with van der Waals surface area (Å²) in [5.41, 5.74) is 1.64. The van der Waals surface area contributed by atoms with Crippen molar-refractivity contribution in [2.45, 2.75) is 39.5 Å². The van der Waals surface area contributed by atoms with Crippen molar-refractivity contribution >= 4 is 6.09 Å². The van der Waals surface area contributed by atoms with Gasteiger partial charge in [0.15, 0.2) is 0 Å². The molecule has 0 bridgehead atoms. The van der Waals surface area contributed by atoms with Crippen LogP contribution in [0.2, 0.25) is 0 Å². The zero-order valence-corrected chi connectivity index (χ0v) is 12.7. The van der Waals surface area contributed by atoms with Crippen molar-refractivity contribution in [3.05, 3.63) is 53.9 Å². The normalized spacial score (nSPS) is 11.2. The number of rotatable bonds is 4. The molecule has 0 aliphatic carbocycles. The number of nitrogens with zero attached hydrogens (tertiary/aromatic N) is 2. The van der Waals surface area contributed by atoms with E-state index in [0.717, 1.165) is 5.56 Å². The second kappa shape index (κ2) is 6.43. The average molecular weight is 287 g/mol. The van der Waals surface area contributed by atoms with Gasteiger partial charge in [-0.1, -0.05) is 30.3 Å². The van der Waals surface area contributed by atoms with E-state index in [-0.39, 0.29) is 0 Å². The Balaban J connectivity index is 1.85. The Morgan fingerprint density at radius 3 is 2.62 bits per heavy atom. The highest BCUT2D eigenvalue weighted by molar-refractivity contribution is 5.67. The first-order valence-electron chi connectivity index (χ1n) is 6.94. The van der Waals surface area contributed by atoms with E-state index in [0.29, 0.717) is 13.1 Å². The number of hydrogen-bond acceptors (Lipinski definition) is 3. The van der Waals surface area contributed by atoms with Crippen LogP contribution in [0.3, 0.4) is 0 Å². The van der Waals surface area contributed by atoms with E-state index >= 15 is 0 Å². The van der Waals surface area contributed by atoms with Gasteiger partial charge in [-0.3, -0.25) is 4.68 Å². The first kappa shape index (κ1) is 15.1. The number of carbonyl (C=O) groups excluding carboxylic acids is 1. The van der Waals surface area contributed by atoms with Gasteiger partial charge in [-0.05, 0) is 26.3 Å². The summed E-state index contributed by atoms with van der Waals surface area (Å²) in [5, 5.41) is 7.01. The van der Waals surface area contributed by atoms with Gasteiger partial charge in [-0.15, -0.1) is 0 Å². The fourth-order valence-corrected chi connectivity index (χ4v) is 1.84. The Morgan fingerprint density at radius 2 is 1.95 bits per heavy atom. The second-order valence-electron chi connectivity index (χ2n) is 5.89. The van der Waals surface area contributed by atoms with E-state index < -0.39 is 11.7 Å². The van der Waals surface area contributed by atoms with Crippen LogP contribution in [-0.2, 0) is 17.8 Å². The summed E-state index contributed by atoms with van der Waals surface area (Å²) in [6.07, 6.45) is 3.25. The quantitative estimate of drug-likeness (QED) is 0.940. The molecule has 1 heterocycles. The van der Waals surface area contributed by atoms with Crippen molar-refractivity contribution in [1.29, 1.82) is 0 Å². The van der Waals surface area contributed by atoms with Crippen molar-refractivity contribution in [2.75, 3.05) is 0 Å². The number of alkyl carbamates (subject to hydrolysis) is 1. The van der Waals surface area contributed by atoms with Gasteiger partial charge in [-0.2, -0.15) is 5.10 Å². The Labute approximate surface area is 124 Å². The Hall–Kier alpha value is -2.30. The molecule has 5 nitrogen and oxygen atoms in total. The minimum Gasteiger partial charge on any atom is -0.444 e. The average Bonchev–Trinajstić information content (AvgIpc) is 2.83. The SMILES string of the molecule is CC(C)(C)OC(=O)NCc1cnn(Cc2ccccc2)c1. The molecule has 0 fully saturated rings. The molecule has 1 aromatic carbocycles. The van der Waals surface area contributed by atoms with E-state index in [1.165, 1.54) is 5.56 Å². The predicted molar refractivity (Wildman–Crippen MR) is 80.8 cm³/mol. The van der Waals surface area contributed by atoms with Crippen LogP contribution >= 0.6 is 0 Å². The fourth-order valence-electron chi connectivity index (χ4n) is 1.84. The summed E-state index contributed by atoms with van der Waals surface area (Å²) in [5.74, 6) is 0. The Kier molecular flexibility index (Phi) is 4.62. The number of hydrogen-bond donors (Lipinski definition) is 1. The maximum absolute atomic E-state index is 11.6. The van der Waals surface area contributed by atoms with Crippen LogP contribution in [-0.4, -0.2) is 21.5 Å². The van der Waals surface area contributed by atoms with Crippen molar-refractivity contribution < 1.29 is 9.53 Å². The lowest BCUT2D eigenvalue weighted by atomic mass is 10.2. The topological polar surface area (TPSA) is 56.1 Å². The predicted octanol–water partition coefficient (Wildman–Crippen LogP) is 2.96. The van der Waals surface area contributed by atoms with Crippen LogP contribution in [0.15, 0.2) is 42.7 Å². The Bertz CT molecular complexity index is 585. The zero-order chi connectivity index (χ0) is 15.3. The van der Waals surface area contributed by atoms with Crippen molar-refractivity contribution in [1.82, 2.24) is 15.1 Å². The minimum atomic E-state index is -0.485. The smallest absolute Gasteiger partial charge is 0.407 e. The van der Waals surface area contributed by atoms with Gasteiger partial charge < -0.3 is 10.1 Å². The van der Waals surface area contributed by atoms with E-state index in [4.69, 9.17) is 4.74 Å². The third-order valence-corrected chi connectivity index (χ3v) is 2.71. The number of benzene rings is 1. The molecule has 0 saturated carbocycles. The molecule has 0 spiro atoms. The first-order chi connectivity index (χ1) is 9.92. The van der Waals surface area contributed by atoms with Gasteiger partial charge in [0.2, 0.25) is 0 Å². The molecule has 0 saturated heterocycles. The van der Waals surface area contributed by atoms with Crippen LogP contribution < -0.4 is 5.32 Å². The molecule has 0 atom stereocenters. The lowest BCUT2D eigenvalue weighted by molar-refractivity contribution is 0.0523. The molecule has 1 N–H and O–H groups in total. The molecule has 2 aromatic rings. The highest BCUT2D eigenvalue weighted by Crippen LogP contribution is 2.07. The summed E-state index contributed by atoms with van der Waals surface area (Å²) in [7, 11) is 0. The van der Waals surface area contributed by atoms with Crippen LogP contribution in [0.25, 0.3) is 0 Å². The van der Waals surface area contributed by atoms with Crippen LogP contribution in [0.1, 0.15) is 31.9 Å². The maximum atomic E-state index is 11.6. The summed E-state index contributed by atoms with van der Waals surface area (Å²) in [4.78, 5) is 11.6. The van der Waals surface area contributed by atoms with Gasteiger partial charge in [0, 0.05) is 18.3 Å². The number of amides is 1. The molecule has 0 radical (unpaired) electrons. The molecular formula is C16H21N3O2. The lowest BCUT2D eigenvalue weighted by Gasteiger charge is -2.19. The van der Waals surface area contributed by atoms with Gasteiger partial charge in [0.1, 0.15) is 5.60 Å². The van der Waals surface area contributed by atoms with Crippen molar-refractivity contribution in [2.24, 2.45) is 0 Å². The lowest BCUT2D eigenvalue weighted by Crippen LogP contribution is -2.32. The number of nitrogens with one attached hydrogen (secondary N) is 1. The van der Waals surface area contributed by atoms with Crippen molar-refractivity contribution in [3.8, 4) is 0 Å². The van der Waals surface area contributed by atoms with Crippen molar-refractivity contribution in [3.63, 3.8) is 0 Å². The third-order valence-electron chi connectivity index (χ3n) is 2.71. The molecule has 0 aliphatic heterocycles. The second-order valence-corrected chi connectivity index (χ2v) is 5.89. The molecule has 2 rings (SSSR count). The van der Waals surface area contributed by atoms with Crippen LogP contribution in [0.4, 0.5) is 4.79 Å². The van der Waals surface area contributed by atoms with Gasteiger partial charge in [0.25, 0.3) is 0 Å². The van der Waals surface area contributed by atoms with E-state index in [2.05, 4.69) is 22.5 Å². The minimum absolute atomic E-state index is 0.406. The molecule has 112 valence electrons. The highest BCUT2D eigenvalue weighted by Gasteiger charge is 2.15. The van der Waals surface area contributed by atoms with E-state index in [1.54, 1.807) is 6.20 Å². The largest absolute Gasteiger partial charge is 0.444 e. The van der Waals surface area contributed by atoms with Crippen LogP contribution in [0.5, 0.6) is 0 Å². The van der Waals surface area contributed by atoms with Gasteiger partial charge in [0.05, 0.1) is 12.7 Å². The zero-order valence-electron chi connectivity index (χ0n) is 12.7. The molecule has 21 heavy (non-hydrogen) atoms. The molecule has 1 aromatic heterocycles. The molecule has 0 unspecified atom stereocenters. The molecule has 0 aliphatic rings. The fraction of sp³-hybridized carbons (Fsp3) is 0.375. The molecular weight excluding hydrogens is 266 g/mol. The van der Waals surface area contributed by atoms with Crippen LogP contribution in [0, 0.1) is 0 Å². The molecule has 5 heteroatoms. The number of ether oxygens (including phenoxy) is 1. The van der Waals surface area contributed by atoms with Gasteiger partial charge >= 0.3 is 6.09 Å². The number of carbonyl (C=O) groups is 1. The number of aromatic nitrogens is 2. The summed E-state index contributed by atoms with van der Waals surface area (Å²) >= 11 is 0. The van der Waals surface area contributed by atoms with E-state index in [1.807, 2.05) is 49.8 Å². The summed E-state index contributed by atoms with van der Waals surface area (Å²) in [6, 6.07) is 10.1. The maximum Gasteiger partial charge on any atom is 0.407 e.